The Bertz CT molecular complexity index is 758. The predicted octanol–water partition coefficient (Wildman–Crippen LogP) is 3.43. The number of anilines is 1. The summed E-state index contributed by atoms with van der Waals surface area (Å²) in [6, 6.07) is 6.97. The third-order valence-corrected chi connectivity index (χ3v) is 7.46. The van der Waals surface area contributed by atoms with Crippen LogP contribution in [0.1, 0.15) is 52.4 Å². The summed E-state index contributed by atoms with van der Waals surface area (Å²) in [5.74, 6) is 3.02. The highest BCUT2D eigenvalue weighted by atomic mass is 16.5. The van der Waals surface area contributed by atoms with Crippen molar-refractivity contribution < 1.29 is 14.3 Å². The van der Waals surface area contributed by atoms with Crippen LogP contribution in [-0.4, -0.2) is 48.5 Å². The minimum atomic E-state index is -0.334. The topological polar surface area (TPSA) is 70.7 Å². The van der Waals surface area contributed by atoms with Gasteiger partial charge in [-0.25, -0.2) is 0 Å². The van der Waals surface area contributed by atoms with E-state index < -0.39 is 0 Å². The maximum atomic E-state index is 13.2. The summed E-state index contributed by atoms with van der Waals surface area (Å²) < 4.78 is 5.21. The van der Waals surface area contributed by atoms with Crippen LogP contribution in [0.3, 0.4) is 0 Å². The molecule has 4 aliphatic rings. The van der Waals surface area contributed by atoms with Crippen LogP contribution in [-0.2, 0) is 9.59 Å². The van der Waals surface area contributed by atoms with Gasteiger partial charge in [0.05, 0.1) is 19.7 Å². The van der Waals surface area contributed by atoms with Crippen molar-refractivity contribution in [3.63, 3.8) is 0 Å². The van der Waals surface area contributed by atoms with Crippen LogP contribution in [0.5, 0.6) is 5.75 Å². The van der Waals surface area contributed by atoms with Gasteiger partial charge >= 0.3 is 0 Å². The molecule has 0 saturated heterocycles. The van der Waals surface area contributed by atoms with Gasteiger partial charge in [0, 0.05) is 17.3 Å². The van der Waals surface area contributed by atoms with Crippen LogP contribution in [0, 0.1) is 17.8 Å². The van der Waals surface area contributed by atoms with Gasteiger partial charge in [-0.05, 0) is 81.9 Å². The Morgan fingerprint density at radius 2 is 1.80 bits per heavy atom. The molecule has 0 radical (unpaired) electrons. The third-order valence-electron chi connectivity index (χ3n) is 7.46. The number of nitrogens with zero attached hydrogens (tertiary/aromatic N) is 1. The first-order chi connectivity index (χ1) is 14.4. The first kappa shape index (κ1) is 21.2. The summed E-state index contributed by atoms with van der Waals surface area (Å²) in [5, 5.41) is 6.36. The van der Waals surface area contributed by atoms with Crippen LogP contribution in [0.2, 0.25) is 0 Å². The molecular formula is C24H35N3O3. The monoisotopic (exact) mass is 413 g/mol. The molecule has 1 aromatic rings. The lowest BCUT2D eigenvalue weighted by molar-refractivity contribution is -0.132. The number of hydrogen-bond donors (Lipinski definition) is 2. The molecule has 1 atom stereocenters. The van der Waals surface area contributed by atoms with Crippen molar-refractivity contribution in [2.45, 2.75) is 64.0 Å². The van der Waals surface area contributed by atoms with Crippen molar-refractivity contribution in [3.8, 4) is 5.75 Å². The smallest absolute Gasteiger partial charge is 0.238 e. The molecule has 6 heteroatoms. The average molecular weight is 414 g/mol. The van der Waals surface area contributed by atoms with Crippen LogP contribution in [0.15, 0.2) is 24.3 Å². The molecule has 2 amide bonds. The highest BCUT2D eigenvalue weighted by Crippen LogP contribution is 2.55. The number of likely N-dealkylation sites (N-methyl/N-ethyl adjacent to an activating group) is 1. The molecule has 4 bridgehead atoms. The second-order valence-electron chi connectivity index (χ2n) is 9.71. The molecule has 1 unspecified atom stereocenters. The van der Waals surface area contributed by atoms with Gasteiger partial charge in [-0.3, -0.25) is 14.5 Å². The zero-order valence-electron chi connectivity index (χ0n) is 18.4. The van der Waals surface area contributed by atoms with Crippen molar-refractivity contribution in [2.24, 2.45) is 17.8 Å². The van der Waals surface area contributed by atoms with Gasteiger partial charge in [0.25, 0.3) is 0 Å². The second kappa shape index (κ2) is 8.58. The first-order valence-electron chi connectivity index (χ1n) is 11.4. The van der Waals surface area contributed by atoms with Crippen molar-refractivity contribution >= 4 is 17.5 Å². The molecule has 4 aliphatic carbocycles. The van der Waals surface area contributed by atoms with Gasteiger partial charge in [0.2, 0.25) is 11.8 Å². The molecule has 0 aliphatic heterocycles. The van der Waals surface area contributed by atoms with E-state index in [2.05, 4.69) is 10.6 Å². The molecule has 4 saturated carbocycles. The standard InChI is InChI=1S/C24H35N3O3/c1-4-27(15-22(28)25-20-6-5-7-21(11-20)30-3)16(2)23(29)26-24-12-17-8-18(13-24)10-19(9-17)14-24/h5-7,11,16-19H,4,8-10,12-15H2,1-3H3,(H,25,28)(H,26,29). The van der Waals surface area contributed by atoms with E-state index in [4.69, 9.17) is 4.74 Å². The Morgan fingerprint density at radius 3 is 2.37 bits per heavy atom. The first-order valence-corrected chi connectivity index (χ1v) is 11.4. The van der Waals surface area contributed by atoms with Crippen LogP contribution < -0.4 is 15.4 Å². The van der Waals surface area contributed by atoms with Gasteiger partial charge in [0.15, 0.2) is 0 Å². The average Bonchev–Trinajstić information content (AvgIpc) is 2.70. The lowest BCUT2D eigenvalue weighted by Crippen LogP contribution is -2.62. The van der Waals surface area contributed by atoms with E-state index in [9.17, 15) is 9.59 Å². The summed E-state index contributed by atoms with van der Waals surface area (Å²) in [7, 11) is 1.60. The highest BCUT2D eigenvalue weighted by molar-refractivity contribution is 5.93. The highest BCUT2D eigenvalue weighted by Gasteiger charge is 2.51. The number of ether oxygens (including phenoxy) is 1. The minimum Gasteiger partial charge on any atom is -0.497 e. The molecule has 0 heterocycles. The number of rotatable bonds is 8. The van der Waals surface area contributed by atoms with Crippen molar-refractivity contribution in [1.29, 1.82) is 0 Å². The largest absolute Gasteiger partial charge is 0.497 e. The van der Waals surface area contributed by atoms with E-state index in [0.29, 0.717) is 18.0 Å². The van der Waals surface area contributed by atoms with Crippen LogP contribution in [0.4, 0.5) is 5.69 Å². The molecule has 164 valence electrons. The predicted molar refractivity (Wildman–Crippen MR) is 117 cm³/mol. The third kappa shape index (κ3) is 4.48. The Kier molecular flexibility index (Phi) is 6.05. The summed E-state index contributed by atoms with van der Waals surface area (Å²) in [6.45, 7) is 4.73. The zero-order valence-corrected chi connectivity index (χ0v) is 18.4. The van der Waals surface area contributed by atoms with Gasteiger partial charge in [0.1, 0.15) is 5.75 Å². The van der Waals surface area contributed by atoms with Crippen LogP contribution in [0.25, 0.3) is 0 Å². The second-order valence-corrected chi connectivity index (χ2v) is 9.71. The number of hydrogen-bond acceptors (Lipinski definition) is 4. The van der Waals surface area contributed by atoms with E-state index in [1.54, 1.807) is 13.2 Å². The van der Waals surface area contributed by atoms with E-state index in [-0.39, 0.29) is 29.9 Å². The molecule has 6 nitrogen and oxygen atoms in total. The Hall–Kier alpha value is -2.08. The normalized spacial score (nSPS) is 30.2. The minimum absolute atomic E-state index is 0.00234. The number of amides is 2. The molecule has 5 rings (SSSR count). The van der Waals surface area contributed by atoms with Gasteiger partial charge < -0.3 is 15.4 Å². The summed E-state index contributed by atoms with van der Waals surface area (Å²) in [4.78, 5) is 27.7. The maximum absolute atomic E-state index is 13.2. The maximum Gasteiger partial charge on any atom is 0.238 e. The fourth-order valence-electron chi connectivity index (χ4n) is 6.40. The number of methoxy groups -OCH3 is 1. The fourth-order valence-corrected chi connectivity index (χ4v) is 6.40. The van der Waals surface area contributed by atoms with E-state index >= 15 is 0 Å². The molecule has 2 N–H and O–H groups in total. The summed E-state index contributed by atoms with van der Waals surface area (Å²) in [5.41, 5.74) is 0.698. The Balaban J connectivity index is 1.34. The van der Waals surface area contributed by atoms with Gasteiger partial charge in [-0.15, -0.1) is 0 Å². The number of carbonyl (C=O) groups excluding carboxylic acids is 2. The fraction of sp³-hybridized carbons (Fsp3) is 0.667. The van der Waals surface area contributed by atoms with Crippen molar-refractivity contribution in [1.82, 2.24) is 10.2 Å². The molecule has 30 heavy (non-hydrogen) atoms. The molecular weight excluding hydrogens is 378 g/mol. The lowest BCUT2D eigenvalue weighted by Gasteiger charge is -2.57. The van der Waals surface area contributed by atoms with E-state index in [0.717, 1.165) is 37.0 Å². The van der Waals surface area contributed by atoms with Crippen LogP contribution >= 0.6 is 0 Å². The lowest BCUT2D eigenvalue weighted by atomic mass is 9.53. The Labute approximate surface area is 179 Å². The number of benzene rings is 1. The summed E-state index contributed by atoms with van der Waals surface area (Å²) >= 11 is 0. The summed E-state index contributed by atoms with van der Waals surface area (Å²) in [6.07, 6.45) is 7.49. The van der Waals surface area contributed by atoms with Gasteiger partial charge in [-0.1, -0.05) is 13.0 Å². The van der Waals surface area contributed by atoms with E-state index in [1.807, 2.05) is 36.9 Å². The molecule has 0 spiro atoms. The van der Waals surface area contributed by atoms with Crippen molar-refractivity contribution in [3.05, 3.63) is 24.3 Å². The Morgan fingerprint density at radius 1 is 1.17 bits per heavy atom. The van der Waals surface area contributed by atoms with Crippen molar-refractivity contribution in [2.75, 3.05) is 25.5 Å². The quantitative estimate of drug-likeness (QED) is 0.685. The molecule has 4 fully saturated rings. The SMILES string of the molecule is CCN(CC(=O)Nc1cccc(OC)c1)C(C)C(=O)NC12CC3CC(CC(C3)C1)C2. The molecule has 0 aromatic heterocycles. The number of nitrogens with one attached hydrogen (secondary N) is 2. The molecule has 1 aromatic carbocycles. The number of carbonyl (C=O) groups is 2. The van der Waals surface area contributed by atoms with E-state index in [1.165, 1.54) is 19.3 Å². The zero-order chi connectivity index (χ0) is 21.3. The van der Waals surface area contributed by atoms with Gasteiger partial charge in [-0.2, -0.15) is 0 Å².